The molecule has 1 rings (SSSR count). The van der Waals surface area contributed by atoms with E-state index >= 15 is 0 Å². The van der Waals surface area contributed by atoms with Crippen molar-refractivity contribution in [1.29, 1.82) is 0 Å². The van der Waals surface area contributed by atoms with E-state index in [0.717, 1.165) is 16.7 Å². The molecule has 13 heavy (non-hydrogen) atoms. The summed E-state index contributed by atoms with van der Waals surface area (Å²) in [6.45, 7) is 4.15. The summed E-state index contributed by atoms with van der Waals surface area (Å²) in [7, 11) is 0. The Morgan fingerprint density at radius 3 is 2.62 bits per heavy atom. The van der Waals surface area contributed by atoms with Crippen molar-refractivity contribution in [2.45, 2.75) is 20.0 Å². The zero-order valence-electron chi connectivity index (χ0n) is 7.84. The molecular formula is C10H14ClNO. The summed E-state index contributed by atoms with van der Waals surface area (Å²) in [5, 5.41) is 10.2. The summed E-state index contributed by atoms with van der Waals surface area (Å²) in [5.41, 5.74) is 8.34. The molecule has 72 valence electrons. The molecule has 0 aromatic heterocycles. The van der Waals surface area contributed by atoms with E-state index in [-0.39, 0.29) is 6.54 Å². The first kappa shape index (κ1) is 10.5. The van der Waals surface area contributed by atoms with Crippen LogP contribution in [0.2, 0.25) is 5.02 Å². The van der Waals surface area contributed by atoms with Gasteiger partial charge >= 0.3 is 0 Å². The molecule has 0 fully saturated rings. The van der Waals surface area contributed by atoms with Gasteiger partial charge in [-0.3, -0.25) is 0 Å². The molecule has 0 aliphatic heterocycles. The highest BCUT2D eigenvalue weighted by Gasteiger charge is 2.10. The van der Waals surface area contributed by atoms with Gasteiger partial charge in [0.15, 0.2) is 0 Å². The lowest BCUT2D eigenvalue weighted by Crippen LogP contribution is -2.13. The predicted molar refractivity (Wildman–Crippen MR) is 54.9 cm³/mol. The van der Waals surface area contributed by atoms with Crippen molar-refractivity contribution in [3.8, 4) is 0 Å². The molecular weight excluding hydrogens is 186 g/mol. The fourth-order valence-corrected chi connectivity index (χ4v) is 1.60. The second-order valence-corrected chi connectivity index (χ2v) is 3.62. The summed E-state index contributed by atoms with van der Waals surface area (Å²) < 4.78 is 0. The molecule has 0 aliphatic rings. The lowest BCUT2D eigenvalue weighted by Gasteiger charge is -2.13. The van der Waals surface area contributed by atoms with Crippen LogP contribution in [0.1, 0.15) is 22.8 Å². The Morgan fingerprint density at radius 2 is 2.08 bits per heavy atom. The number of nitrogens with two attached hydrogens (primary N) is 1. The maximum atomic E-state index is 9.58. The summed E-state index contributed by atoms with van der Waals surface area (Å²) >= 11 is 5.87. The second kappa shape index (κ2) is 4.09. The van der Waals surface area contributed by atoms with E-state index in [1.54, 1.807) is 6.07 Å². The van der Waals surface area contributed by atoms with Gasteiger partial charge < -0.3 is 10.8 Å². The van der Waals surface area contributed by atoms with E-state index in [2.05, 4.69) is 0 Å². The number of hydrogen-bond donors (Lipinski definition) is 2. The van der Waals surface area contributed by atoms with Crippen molar-refractivity contribution in [3.63, 3.8) is 0 Å². The van der Waals surface area contributed by atoms with E-state index in [4.69, 9.17) is 17.3 Å². The number of halogens is 1. The summed E-state index contributed by atoms with van der Waals surface area (Å²) in [6, 6.07) is 3.64. The first-order valence-electron chi connectivity index (χ1n) is 4.21. The molecule has 1 aromatic carbocycles. The molecule has 0 amide bonds. The fourth-order valence-electron chi connectivity index (χ4n) is 1.31. The second-order valence-electron chi connectivity index (χ2n) is 3.19. The highest BCUT2D eigenvalue weighted by atomic mass is 35.5. The maximum absolute atomic E-state index is 9.58. The van der Waals surface area contributed by atoms with Crippen molar-refractivity contribution >= 4 is 11.6 Å². The van der Waals surface area contributed by atoms with Gasteiger partial charge in [-0.05, 0) is 42.7 Å². The average Bonchev–Trinajstić information content (AvgIpc) is 2.10. The Bertz CT molecular complexity index is 312. The van der Waals surface area contributed by atoms with Gasteiger partial charge in [0.05, 0.1) is 6.10 Å². The zero-order chi connectivity index (χ0) is 10.0. The Labute approximate surface area is 83.3 Å². The molecule has 0 heterocycles. The van der Waals surface area contributed by atoms with Gasteiger partial charge in [-0.25, -0.2) is 0 Å². The molecule has 0 bridgehead atoms. The molecule has 1 unspecified atom stereocenters. The lowest BCUT2D eigenvalue weighted by molar-refractivity contribution is 0.186. The van der Waals surface area contributed by atoms with Crippen LogP contribution in [0.15, 0.2) is 12.1 Å². The van der Waals surface area contributed by atoms with Gasteiger partial charge in [0.1, 0.15) is 0 Å². The monoisotopic (exact) mass is 199 g/mol. The van der Waals surface area contributed by atoms with Crippen LogP contribution in [-0.4, -0.2) is 11.7 Å². The third-order valence-corrected chi connectivity index (χ3v) is 2.47. The molecule has 0 radical (unpaired) electrons. The molecule has 1 aromatic rings. The van der Waals surface area contributed by atoms with Crippen LogP contribution >= 0.6 is 11.6 Å². The average molecular weight is 200 g/mol. The predicted octanol–water partition coefficient (Wildman–Crippen LogP) is 1.95. The molecule has 0 saturated heterocycles. The number of aryl methyl sites for hydroxylation is 1. The van der Waals surface area contributed by atoms with Crippen molar-refractivity contribution < 1.29 is 5.11 Å². The van der Waals surface area contributed by atoms with Crippen LogP contribution in [-0.2, 0) is 0 Å². The highest BCUT2D eigenvalue weighted by molar-refractivity contribution is 6.30. The number of benzene rings is 1. The van der Waals surface area contributed by atoms with Gasteiger partial charge in [0.25, 0.3) is 0 Å². The van der Waals surface area contributed by atoms with Crippen molar-refractivity contribution in [2.24, 2.45) is 5.73 Å². The number of aliphatic hydroxyl groups is 1. The van der Waals surface area contributed by atoms with Crippen molar-refractivity contribution in [3.05, 3.63) is 33.8 Å². The van der Waals surface area contributed by atoms with E-state index in [1.807, 2.05) is 19.9 Å². The first-order valence-corrected chi connectivity index (χ1v) is 4.59. The fraction of sp³-hybridized carbons (Fsp3) is 0.400. The Balaban J connectivity index is 3.20. The largest absolute Gasteiger partial charge is 0.387 e. The zero-order valence-corrected chi connectivity index (χ0v) is 8.60. The van der Waals surface area contributed by atoms with E-state index in [1.165, 1.54) is 0 Å². The van der Waals surface area contributed by atoms with Crippen LogP contribution in [0.5, 0.6) is 0 Å². The van der Waals surface area contributed by atoms with Gasteiger partial charge in [-0.1, -0.05) is 11.6 Å². The number of aliphatic hydroxyl groups excluding tert-OH is 1. The molecule has 0 spiro atoms. The summed E-state index contributed by atoms with van der Waals surface area (Å²) in [5.74, 6) is 0. The molecule has 3 heteroatoms. The van der Waals surface area contributed by atoms with Gasteiger partial charge in [0, 0.05) is 11.6 Å². The minimum atomic E-state index is -0.614. The quantitative estimate of drug-likeness (QED) is 0.765. The Morgan fingerprint density at radius 1 is 1.46 bits per heavy atom. The van der Waals surface area contributed by atoms with Crippen LogP contribution in [0.4, 0.5) is 0 Å². The van der Waals surface area contributed by atoms with Gasteiger partial charge in [0.2, 0.25) is 0 Å². The summed E-state index contributed by atoms with van der Waals surface area (Å²) in [4.78, 5) is 0. The smallest absolute Gasteiger partial charge is 0.0915 e. The number of hydrogen-bond acceptors (Lipinski definition) is 2. The first-order chi connectivity index (χ1) is 6.06. The van der Waals surface area contributed by atoms with Gasteiger partial charge in [-0.2, -0.15) is 0 Å². The standard InChI is InChI=1S/C10H14ClNO/c1-6-3-8(11)4-9(7(6)2)10(13)5-12/h3-4,10,13H,5,12H2,1-2H3. The molecule has 3 N–H and O–H groups in total. The lowest BCUT2D eigenvalue weighted by atomic mass is 9.99. The highest BCUT2D eigenvalue weighted by Crippen LogP contribution is 2.24. The third kappa shape index (κ3) is 2.21. The van der Waals surface area contributed by atoms with Crippen molar-refractivity contribution in [1.82, 2.24) is 0 Å². The maximum Gasteiger partial charge on any atom is 0.0915 e. The molecule has 0 aliphatic carbocycles. The third-order valence-electron chi connectivity index (χ3n) is 2.25. The minimum Gasteiger partial charge on any atom is -0.387 e. The van der Waals surface area contributed by atoms with Crippen LogP contribution in [0.3, 0.4) is 0 Å². The molecule has 1 atom stereocenters. The molecule has 2 nitrogen and oxygen atoms in total. The minimum absolute atomic E-state index is 0.223. The van der Waals surface area contributed by atoms with E-state index in [0.29, 0.717) is 5.02 Å². The Kier molecular flexibility index (Phi) is 3.31. The topological polar surface area (TPSA) is 46.2 Å². The van der Waals surface area contributed by atoms with Crippen LogP contribution < -0.4 is 5.73 Å². The van der Waals surface area contributed by atoms with E-state index < -0.39 is 6.10 Å². The summed E-state index contributed by atoms with van der Waals surface area (Å²) in [6.07, 6.45) is -0.614. The van der Waals surface area contributed by atoms with Gasteiger partial charge in [-0.15, -0.1) is 0 Å². The van der Waals surface area contributed by atoms with Crippen LogP contribution in [0.25, 0.3) is 0 Å². The SMILES string of the molecule is Cc1cc(Cl)cc(C(O)CN)c1C. The van der Waals surface area contributed by atoms with E-state index in [9.17, 15) is 5.11 Å². The van der Waals surface area contributed by atoms with Crippen LogP contribution in [0, 0.1) is 13.8 Å². The Hall–Kier alpha value is -0.570. The number of rotatable bonds is 2. The molecule has 0 saturated carbocycles. The van der Waals surface area contributed by atoms with Crippen molar-refractivity contribution in [2.75, 3.05) is 6.54 Å². The normalized spacial score (nSPS) is 13.0.